The molecule has 634 valence electrons. The summed E-state index contributed by atoms with van der Waals surface area (Å²) in [5, 5.41) is 0. The van der Waals surface area contributed by atoms with E-state index in [1.54, 1.807) is 73.8 Å². The van der Waals surface area contributed by atoms with Gasteiger partial charge in [-0.3, -0.25) is 0 Å². The molecule has 0 radical (unpaired) electrons. The first-order valence-electron chi connectivity index (χ1n) is 38.1. The van der Waals surface area contributed by atoms with Crippen molar-refractivity contribution in [3.8, 4) is 57.5 Å². The Hall–Kier alpha value is -12.2. The van der Waals surface area contributed by atoms with Crippen molar-refractivity contribution < 1.29 is 113 Å². The van der Waals surface area contributed by atoms with Crippen LogP contribution in [0.25, 0.3) is 60.8 Å². The zero-order valence-corrected chi connectivity index (χ0v) is 66.0. The molecule has 119 heavy (non-hydrogen) atoms. The summed E-state index contributed by atoms with van der Waals surface area (Å²) >= 11 is 0. The number of rotatable bonds is 34. The monoisotopic (exact) mass is 1670 g/mol. The van der Waals surface area contributed by atoms with Gasteiger partial charge in [0.15, 0.2) is 0 Å². The van der Waals surface area contributed by atoms with Crippen LogP contribution >= 0.6 is 0 Å². The third-order valence-corrected chi connectivity index (χ3v) is 16.1. The van der Waals surface area contributed by atoms with Crippen LogP contribution in [0.15, 0.2) is 243 Å². The number of halogens is 15. The van der Waals surface area contributed by atoms with E-state index in [1.807, 2.05) is 183 Å². The van der Waals surface area contributed by atoms with E-state index < -0.39 is 31.8 Å². The summed E-state index contributed by atoms with van der Waals surface area (Å²) in [6, 6.07) is 66.7. The lowest BCUT2D eigenvalue weighted by molar-refractivity contribution is -0.275. The predicted molar refractivity (Wildman–Crippen MR) is 440 cm³/mol. The molecular weight excluding hydrogens is 1570 g/mol. The largest absolute Gasteiger partial charge is 0.573 e. The minimum absolute atomic E-state index is 0.227. The Morgan fingerprint density at radius 2 is 0.345 bits per heavy atom. The standard InChI is InChI=1S/C21H23F3O2.C20H21F3O2.C19H19F3O2.C18H17F3O2.C16H13F3O2/c1-2-3-4-5-16-25-19-12-8-17(9-13-19)6-7-18-10-14-20(15-11-18)26-21(22,23)24;1-2-3-4-15-24-18-11-7-16(8-12-18)5-6-17-9-13-19(14-10-17)25-20(21,22)23;1-2-3-14-23-17-10-6-15(7-11-17)4-5-16-8-12-18(13-9-16)24-19(20,21)22;1-2-13-22-16-9-5-14(6-10-16)3-4-15-7-11-17(12-8-15)23-18(19,20)21;1-20-14-8-4-12(5-9-14)2-3-13-6-10-15(11-7-13)21-16(17,18)19/h6-15H,2-5,16H2,1H3;5-14H,2-4,15H2,1H3;4-13H,2-3,14H2,1H3;3-12H,2,13H2,1H3;2-11H,1H3. The smallest absolute Gasteiger partial charge is 0.497 e. The van der Waals surface area contributed by atoms with Crippen molar-refractivity contribution in [1.82, 2.24) is 0 Å². The van der Waals surface area contributed by atoms with Crippen molar-refractivity contribution >= 4 is 60.8 Å². The van der Waals surface area contributed by atoms with Gasteiger partial charge in [-0.25, -0.2) is 0 Å². The van der Waals surface area contributed by atoms with Gasteiger partial charge in [-0.1, -0.05) is 248 Å². The van der Waals surface area contributed by atoms with Gasteiger partial charge < -0.3 is 47.4 Å². The van der Waals surface area contributed by atoms with Crippen LogP contribution in [-0.2, 0) is 0 Å². The van der Waals surface area contributed by atoms with Gasteiger partial charge in [0.05, 0.1) is 33.5 Å². The number of hydrogen-bond donors (Lipinski definition) is 0. The highest BCUT2D eigenvalue weighted by molar-refractivity contribution is 5.74. The molecule has 0 fully saturated rings. The Morgan fingerprint density at radius 3 is 0.521 bits per heavy atom. The lowest BCUT2D eigenvalue weighted by atomic mass is 10.1. The quantitative estimate of drug-likeness (QED) is 0.0221. The Bertz CT molecular complexity index is 4580. The molecule has 0 spiro atoms. The molecule has 0 atom stereocenters. The third kappa shape index (κ3) is 43.6. The molecule has 0 aliphatic heterocycles. The first-order valence-corrected chi connectivity index (χ1v) is 38.1. The molecule has 0 amide bonds. The van der Waals surface area contributed by atoms with E-state index in [9.17, 15) is 65.9 Å². The summed E-state index contributed by atoms with van der Waals surface area (Å²) in [6.07, 6.45) is 6.29. The van der Waals surface area contributed by atoms with Gasteiger partial charge in [-0.15, -0.1) is 65.9 Å². The molecule has 10 aromatic rings. The molecule has 10 nitrogen and oxygen atoms in total. The Labute approximate surface area is 684 Å². The molecule has 10 aromatic carbocycles. The van der Waals surface area contributed by atoms with Gasteiger partial charge >= 0.3 is 31.8 Å². The third-order valence-electron chi connectivity index (χ3n) is 16.1. The van der Waals surface area contributed by atoms with E-state index in [-0.39, 0.29) is 28.7 Å². The van der Waals surface area contributed by atoms with Crippen LogP contribution in [0.1, 0.15) is 148 Å². The molecule has 0 heterocycles. The average molecular weight is 1670 g/mol. The van der Waals surface area contributed by atoms with Crippen molar-refractivity contribution in [1.29, 1.82) is 0 Å². The Morgan fingerprint density at radius 1 is 0.185 bits per heavy atom. The molecule has 0 saturated heterocycles. The Kier molecular flexibility index (Phi) is 40.6. The summed E-state index contributed by atoms with van der Waals surface area (Å²) in [4.78, 5) is 0. The molecule has 0 aliphatic rings. The SMILES string of the molecule is CCCCCCOc1ccc(C=Cc2ccc(OC(F)(F)F)cc2)cc1.CCCCCOc1ccc(C=Cc2ccc(OC(F)(F)F)cc2)cc1.CCCCOc1ccc(C=Cc2ccc(OC(F)(F)F)cc2)cc1.CCCOc1ccc(C=Cc2ccc(OC(F)(F)F)cc2)cc1.COc1ccc(C=Cc2ccc(OC(F)(F)F)cc2)cc1. The van der Waals surface area contributed by atoms with Gasteiger partial charge in [0.25, 0.3) is 0 Å². The van der Waals surface area contributed by atoms with E-state index in [1.165, 1.54) is 79.9 Å². The second-order valence-corrected chi connectivity index (χ2v) is 25.8. The summed E-state index contributed by atoms with van der Waals surface area (Å²) < 4.78 is 228. The molecule has 10 rings (SSSR count). The van der Waals surface area contributed by atoms with Crippen molar-refractivity contribution in [2.24, 2.45) is 0 Å². The zero-order chi connectivity index (χ0) is 86.4. The number of ether oxygens (including phenoxy) is 10. The first-order chi connectivity index (χ1) is 56.8. The average Bonchev–Trinajstić information content (AvgIpc) is 0.886. The van der Waals surface area contributed by atoms with Crippen LogP contribution in [0.3, 0.4) is 0 Å². The predicted octanol–water partition coefficient (Wildman–Crippen LogP) is 29.3. The fourth-order valence-corrected chi connectivity index (χ4v) is 10.1. The van der Waals surface area contributed by atoms with Crippen molar-refractivity contribution in [3.05, 3.63) is 298 Å². The van der Waals surface area contributed by atoms with Crippen LogP contribution in [0.2, 0.25) is 0 Å². The fraction of sp³-hybridized carbons (Fsp3) is 0.255. The lowest BCUT2D eigenvalue weighted by Crippen LogP contribution is -2.16. The minimum Gasteiger partial charge on any atom is -0.497 e. The number of hydrogen-bond acceptors (Lipinski definition) is 10. The van der Waals surface area contributed by atoms with E-state index in [4.69, 9.17) is 23.7 Å². The van der Waals surface area contributed by atoms with Crippen LogP contribution < -0.4 is 47.4 Å². The van der Waals surface area contributed by atoms with E-state index in [2.05, 4.69) is 44.5 Å². The normalized spacial score (nSPS) is 11.7. The second kappa shape index (κ2) is 50.5. The molecule has 0 saturated carbocycles. The number of alkyl halides is 15. The Balaban J connectivity index is 0.000000231. The van der Waals surface area contributed by atoms with Crippen LogP contribution in [0.5, 0.6) is 57.5 Å². The minimum atomic E-state index is -4.67. The number of methoxy groups -OCH3 is 1. The molecule has 0 bridgehead atoms. The molecule has 25 heteroatoms. The van der Waals surface area contributed by atoms with E-state index in [0.717, 1.165) is 143 Å². The number of unbranched alkanes of at least 4 members (excludes halogenated alkanes) is 6. The van der Waals surface area contributed by atoms with E-state index >= 15 is 0 Å². The molecule has 0 N–H and O–H groups in total. The topological polar surface area (TPSA) is 92.3 Å². The van der Waals surface area contributed by atoms with Gasteiger partial charge in [0, 0.05) is 0 Å². The maximum Gasteiger partial charge on any atom is 0.573 e. The molecule has 0 aromatic heterocycles. The zero-order valence-electron chi connectivity index (χ0n) is 66.0. The maximum atomic E-state index is 12.1. The summed E-state index contributed by atoms with van der Waals surface area (Å²) in [6.45, 7) is 11.3. The van der Waals surface area contributed by atoms with Gasteiger partial charge in [0.2, 0.25) is 0 Å². The van der Waals surface area contributed by atoms with Crippen LogP contribution in [0.4, 0.5) is 65.9 Å². The second-order valence-electron chi connectivity index (χ2n) is 25.8. The highest BCUT2D eigenvalue weighted by Crippen LogP contribution is 2.30. The van der Waals surface area contributed by atoms with Gasteiger partial charge in [-0.2, -0.15) is 0 Å². The van der Waals surface area contributed by atoms with Crippen molar-refractivity contribution in [2.75, 3.05) is 33.5 Å². The maximum absolute atomic E-state index is 12.1. The highest BCUT2D eigenvalue weighted by Gasteiger charge is 2.34. The first kappa shape index (κ1) is 95.7. The van der Waals surface area contributed by atoms with Crippen molar-refractivity contribution in [2.45, 2.75) is 124 Å². The summed E-state index contributed by atoms with van der Waals surface area (Å²) in [5.74, 6) is 2.94. The fourth-order valence-electron chi connectivity index (χ4n) is 10.1. The molecule has 0 aliphatic carbocycles. The van der Waals surface area contributed by atoms with Crippen LogP contribution in [-0.4, -0.2) is 65.3 Å². The summed E-state index contributed by atoms with van der Waals surface area (Å²) in [5.41, 5.74) is 8.81. The lowest BCUT2D eigenvalue weighted by Gasteiger charge is -2.08. The van der Waals surface area contributed by atoms with E-state index in [0.29, 0.717) is 13.2 Å². The summed E-state index contributed by atoms with van der Waals surface area (Å²) in [7, 11) is 1.59. The number of benzene rings is 10. The highest BCUT2D eigenvalue weighted by atomic mass is 19.4. The molecular formula is C94H93F15O10. The molecule has 0 unspecified atom stereocenters. The van der Waals surface area contributed by atoms with Gasteiger partial charge in [0.1, 0.15) is 57.5 Å². The van der Waals surface area contributed by atoms with Gasteiger partial charge in [-0.05, 0) is 203 Å². The van der Waals surface area contributed by atoms with Crippen molar-refractivity contribution in [3.63, 3.8) is 0 Å². The van der Waals surface area contributed by atoms with Crippen LogP contribution in [0, 0.1) is 0 Å².